The zero-order chi connectivity index (χ0) is 23.1. The average molecular weight is 474 g/mol. The molecule has 0 aliphatic carbocycles. The lowest BCUT2D eigenvalue weighted by Gasteiger charge is -2.06. The van der Waals surface area contributed by atoms with Gasteiger partial charge in [-0.1, -0.05) is 23.2 Å². The van der Waals surface area contributed by atoms with E-state index in [4.69, 9.17) is 27.9 Å². The molecule has 0 saturated carbocycles. The molecule has 10 heteroatoms. The quantitative estimate of drug-likeness (QED) is 0.188. The molecule has 2 amide bonds. The van der Waals surface area contributed by atoms with Crippen molar-refractivity contribution in [3.8, 4) is 5.75 Å². The first kappa shape index (κ1) is 22.9. The zero-order valence-corrected chi connectivity index (χ0v) is 17.7. The Hall–Kier alpha value is -3.75. The van der Waals surface area contributed by atoms with Gasteiger partial charge in [0, 0.05) is 10.7 Å². The van der Waals surface area contributed by atoms with Crippen LogP contribution in [-0.4, -0.2) is 24.0 Å². The van der Waals surface area contributed by atoms with Gasteiger partial charge in [0.2, 0.25) is 0 Å². The lowest BCUT2D eigenvalue weighted by Crippen LogP contribution is -2.32. The van der Waals surface area contributed by atoms with Crippen molar-refractivity contribution in [2.75, 3.05) is 5.32 Å². The molecule has 3 aromatic rings. The summed E-state index contributed by atoms with van der Waals surface area (Å²) in [5, 5.41) is 6.57. The fourth-order valence-electron chi connectivity index (χ4n) is 2.38. The van der Waals surface area contributed by atoms with Gasteiger partial charge < -0.3 is 10.1 Å². The molecule has 0 aliphatic heterocycles. The van der Waals surface area contributed by atoms with Gasteiger partial charge in [0.25, 0.3) is 0 Å². The average Bonchev–Trinajstić information content (AvgIpc) is 2.76. The molecule has 3 rings (SSSR count). The highest BCUT2D eigenvalue weighted by molar-refractivity contribution is 6.39. The predicted octanol–water partition coefficient (Wildman–Crippen LogP) is 4.44. The number of hydrazone groups is 1. The molecule has 32 heavy (non-hydrogen) atoms. The molecule has 0 aromatic heterocycles. The largest absolute Gasteiger partial charge is 0.423 e. The van der Waals surface area contributed by atoms with Crippen LogP contribution in [0.2, 0.25) is 10.0 Å². The molecule has 3 aromatic carbocycles. The SMILES string of the molecule is O=C(NN=Cc1ccc(OC(=O)c2ccc(Cl)cc2Cl)cc1)C(=O)Nc1ccc(F)cc1. The first-order valence-electron chi connectivity index (χ1n) is 8.99. The molecule has 0 aliphatic rings. The Morgan fingerprint density at radius 2 is 1.59 bits per heavy atom. The predicted molar refractivity (Wildman–Crippen MR) is 119 cm³/mol. The summed E-state index contributed by atoms with van der Waals surface area (Å²) >= 11 is 11.8. The number of carbonyl (C=O) groups is 3. The smallest absolute Gasteiger partial charge is 0.345 e. The van der Waals surface area contributed by atoms with Crippen molar-refractivity contribution < 1.29 is 23.5 Å². The van der Waals surface area contributed by atoms with Gasteiger partial charge in [-0.2, -0.15) is 5.10 Å². The van der Waals surface area contributed by atoms with Gasteiger partial charge in [0.1, 0.15) is 11.6 Å². The lowest BCUT2D eigenvalue weighted by atomic mass is 10.2. The summed E-state index contributed by atoms with van der Waals surface area (Å²) in [4.78, 5) is 35.8. The molecule has 0 radical (unpaired) electrons. The Kier molecular flexibility index (Phi) is 7.54. The fraction of sp³-hybridized carbons (Fsp3) is 0. The maximum atomic E-state index is 12.9. The van der Waals surface area contributed by atoms with E-state index in [2.05, 4.69) is 15.8 Å². The highest BCUT2D eigenvalue weighted by atomic mass is 35.5. The Morgan fingerprint density at radius 3 is 2.25 bits per heavy atom. The summed E-state index contributed by atoms with van der Waals surface area (Å²) in [6.45, 7) is 0. The van der Waals surface area contributed by atoms with Crippen LogP contribution in [0.3, 0.4) is 0 Å². The highest BCUT2D eigenvalue weighted by Gasteiger charge is 2.14. The van der Waals surface area contributed by atoms with E-state index < -0.39 is 23.6 Å². The van der Waals surface area contributed by atoms with E-state index in [0.29, 0.717) is 10.6 Å². The summed E-state index contributed by atoms with van der Waals surface area (Å²) in [6.07, 6.45) is 1.30. The number of carbonyl (C=O) groups excluding carboxylic acids is 3. The standard InChI is InChI=1S/C22H14Cl2FN3O4/c23-14-3-10-18(19(24)11-14)22(31)32-17-8-1-13(2-9-17)12-26-28-21(30)20(29)27-16-6-4-15(25)5-7-16/h1-12H,(H,27,29)(H,28,30). The van der Waals surface area contributed by atoms with E-state index >= 15 is 0 Å². The van der Waals surface area contributed by atoms with E-state index in [1.54, 1.807) is 12.1 Å². The fourth-order valence-corrected chi connectivity index (χ4v) is 2.86. The van der Waals surface area contributed by atoms with E-state index in [9.17, 15) is 18.8 Å². The number of ether oxygens (including phenoxy) is 1. The molecule has 0 spiro atoms. The second-order valence-corrected chi connectivity index (χ2v) is 7.09. The second-order valence-electron chi connectivity index (χ2n) is 6.24. The third-order valence-electron chi connectivity index (χ3n) is 3.93. The van der Waals surface area contributed by atoms with Gasteiger partial charge in [0.15, 0.2) is 0 Å². The highest BCUT2D eigenvalue weighted by Crippen LogP contribution is 2.23. The monoisotopic (exact) mass is 473 g/mol. The zero-order valence-electron chi connectivity index (χ0n) is 16.1. The number of esters is 1. The molecular formula is C22H14Cl2FN3O4. The molecule has 0 unspecified atom stereocenters. The normalized spacial score (nSPS) is 10.6. The number of nitrogens with zero attached hydrogens (tertiary/aromatic N) is 1. The van der Waals surface area contributed by atoms with Crippen LogP contribution in [0.1, 0.15) is 15.9 Å². The van der Waals surface area contributed by atoms with Gasteiger partial charge >= 0.3 is 17.8 Å². The van der Waals surface area contributed by atoms with E-state index in [1.807, 2.05) is 0 Å². The maximum absolute atomic E-state index is 12.9. The Labute approximate surface area is 191 Å². The van der Waals surface area contributed by atoms with Gasteiger partial charge in [-0.05, 0) is 72.3 Å². The first-order valence-corrected chi connectivity index (χ1v) is 9.74. The van der Waals surface area contributed by atoms with Crippen LogP contribution >= 0.6 is 23.2 Å². The first-order chi connectivity index (χ1) is 15.3. The molecule has 0 fully saturated rings. The number of amides is 2. The number of anilines is 1. The second kappa shape index (κ2) is 10.5. The molecule has 162 valence electrons. The molecule has 0 atom stereocenters. The number of halogens is 3. The van der Waals surface area contributed by atoms with E-state index in [0.717, 1.165) is 12.1 Å². The third kappa shape index (κ3) is 6.37. The molecule has 0 bridgehead atoms. The minimum absolute atomic E-state index is 0.170. The summed E-state index contributed by atoms with van der Waals surface area (Å²) in [5.41, 5.74) is 3.07. The molecule has 7 nitrogen and oxygen atoms in total. The Balaban J connectivity index is 1.52. The molecule has 0 heterocycles. The van der Waals surface area contributed by atoms with Crippen LogP contribution in [0.25, 0.3) is 0 Å². The van der Waals surface area contributed by atoms with Crippen molar-refractivity contribution in [2.24, 2.45) is 5.10 Å². The summed E-state index contributed by atoms with van der Waals surface area (Å²) in [6, 6.07) is 15.6. The number of benzene rings is 3. The third-order valence-corrected chi connectivity index (χ3v) is 4.48. The van der Waals surface area contributed by atoms with Crippen LogP contribution in [0, 0.1) is 5.82 Å². The van der Waals surface area contributed by atoms with Crippen LogP contribution < -0.4 is 15.5 Å². The Bertz CT molecular complexity index is 1180. The van der Waals surface area contributed by atoms with E-state index in [1.165, 1.54) is 48.7 Å². The summed E-state index contributed by atoms with van der Waals surface area (Å²) in [7, 11) is 0. The molecular weight excluding hydrogens is 460 g/mol. The van der Waals surface area contributed by atoms with Crippen molar-refractivity contribution in [2.45, 2.75) is 0 Å². The lowest BCUT2D eigenvalue weighted by molar-refractivity contribution is -0.136. The summed E-state index contributed by atoms with van der Waals surface area (Å²) < 4.78 is 18.1. The number of nitrogens with one attached hydrogen (secondary N) is 2. The van der Waals surface area contributed by atoms with Crippen molar-refractivity contribution >= 4 is 52.9 Å². The number of hydrogen-bond acceptors (Lipinski definition) is 5. The topological polar surface area (TPSA) is 96.9 Å². The van der Waals surface area contributed by atoms with Gasteiger partial charge in [0.05, 0.1) is 16.8 Å². The van der Waals surface area contributed by atoms with Crippen molar-refractivity contribution in [3.63, 3.8) is 0 Å². The van der Waals surface area contributed by atoms with Gasteiger partial charge in [-0.3, -0.25) is 9.59 Å². The van der Waals surface area contributed by atoms with Crippen molar-refractivity contribution in [1.29, 1.82) is 0 Å². The number of rotatable bonds is 5. The number of hydrogen-bond donors (Lipinski definition) is 2. The molecule has 2 N–H and O–H groups in total. The maximum Gasteiger partial charge on any atom is 0.345 e. The van der Waals surface area contributed by atoms with Crippen LogP contribution in [0.5, 0.6) is 5.75 Å². The van der Waals surface area contributed by atoms with Gasteiger partial charge in [-0.25, -0.2) is 14.6 Å². The molecule has 0 saturated heterocycles. The van der Waals surface area contributed by atoms with Crippen LogP contribution in [0.4, 0.5) is 10.1 Å². The van der Waals surface area contributed by atoms with Crippen LogP contribution in [-0.2, 0) is 9.59 Å². The van der Waals surface area contributed by atoms with Crippen molar-refractivity contribution in [1.82, 2.24) is 5.43 Å². The summed E-state index contributed by atoms with van der Waals surface area (Å²) in [5.74, 6) is -2.81. The Morgan fingerprint density at radius 1 is 0.906 bits per heavy atom. The minimum Gasteiger partial charge on any atom is -0.423 e. The van der Waals surface area contributed by atoms with Crippen LogP contribution in [0.15, 0.2) is 71.8 Å². The van der Waals surface area contributed by atoms with Crippen molar-refractivity contribution in [3.05, 3.63) is 93.7 Å². The minimum atomic E-state index is -1.00. The van der Waals surface area contributed by atoms with Gasteiger partial charge in [-0.15, -0.1) is 0 Å². The van der Waals surface area contributed by atoms with E-state index in [-0.39, 0.29) is 22.0 Å².